The van der Waals surface area contributed by atoms with Gasteiger partial charge in [0.2, 0.25) is 0 Å². The third kappa shape index (κ3) is 2.94. The summed E-state index contributed by atoms with van der Waals surface area (Å²) in [6, 6.07) is 7.79. The largest absolute Gasteiger partial charge is 0.495 e. The van der Waals surface area contributed by atoms with Gasteiger partial charge in [-0.15, -0.1) is 0 Å². The summed E-state index contributed by atoms with van der Waals surface area (Å²) in [6.45, 7) is 1.56. The zero-order valence-electron chi connectivity index (χ0n) is 10.8. The summed E-state index contributed by atoms with van der Waals surface area (Å²) >= 11 is 0. The Balaban J connectivity index is 2.18. The van der Waals surface area contributed by atoms with Gasteiger partial charge in [0.15, 0.2) is 0 Å². The maximum Gasteiger partial charge on any atom is 0.141 e. The lowest BCUT2D eigenvalue weighted by atomic mass is 9.91. The van der Waals surface area contributed by atoms with Crippen molar-refractivity contribution in [2.24, 2.45) is 0 Å². The normalized spacial score (nSPS) is 24.3. The molecule has 0 bridgehead atoms. The molecule has 1 fully saturated rings. The van der Waals surface area contributed by atoms with Crippen molar-refractivity contribution >= 4 is 5.69 Å². The standard InChI is InChI=1S/C14H21NO3/c1-17-13-6-3-2-5-12(13)15-14(11-16)7-4-9-18-10-8-14/h2-3,5-6,15-16H,4,7-11H2,1H3. The summed E-state index contributed by atoms with van der Waals surface area (Å²) in [4.78, 5) is 0. The molecule has 4 heteroatoms. The van der Waals surface area contributed by atoms with Crippen molar-refractivity contribution in [1.29, 1.82) is 0 Å². The molecule has 0 saturated carbocycles. The summed E-state index contributed by atoms with van der Waals surface area (Å²) in [5.41, 5.74) is 0.626. The van der Waals surface area contributed by atoms with Crippen LogP contribution >= 0.6 is 0 Å². The molecule has 1 unspecified atom stereocenters. The summed E-state index contributed by atoms with van der Waals surface area (Å²) < 4.78 is 10.8. The number of anilines is 1. The van der Waals surface area contributed by atoms with E-state index in [-0.39, 0.29) is 12.1 Å². The molecule has 2 rings (SSSR count). The Morgan fingerprint density at radius 2 is 2.17 bits per heavy atom. The Kier molecular flexibility index (Phi) is 4.44. The van der Waals surface area contributed by atoms with Gasteiger partial charge >= 0.3 is 0 Å². The molecule has 0 radical (unpaired) electrons. The molecule has 0 spiro atoms. The summed E-state index contributed by atoms with van der Waals surface area (Å²) in [6.07, 6.45) is 2.67. The van der Waals surface area contributed by atoms with Gasteiger partial charge in [0.05, 0.1) is 24.9 Å². The van der Waals surface area contributed by atoms with E-state index >= 15 is 0 Å². The maximum absolute atomic E-state index is 9.73. The predicted octanol–water partition coefficient (Wildman–Crippen LogP) is 2.04. The predicted molar refractivity (Wildman–Crippen MR) is 71.1 cm³/mol. The first-order valence-corrected chi connectivity index (χ1v) is 6.39. The quantitative estimate of drug-likeness (QED) is 0.860. The number of para-hydroxylation sites is 2. The molecular weight excluding hydrogens is 230 g/mol. The van der Waals surface area contributed by atoms with E-state index in [9.17, 15) is 5.11 Å². The molecule has 0 aliphatic carbocycles. The van der Waals surface area contributed by atoms with Crippen LogP contribution in [0.1, 0.15) is 19.3 Å². The lowest BCUT2D eigenvalue weighted by Gasteiger charge is -2.33. The average Bonchev–Trinajstić information content (AvgIpc) is 2.66. The molecule has 2 N–H and O–H groups in total. The van der Waals surface area contributed by atoms with Crippen molar-refractivity contribution in [2.75, 3.05) is 32.2 Å². The molecule has 0 aromatic heterocycles. The Labute approximate surface area is 108 Å². The van der Waals surface area contributed by atoms with Crippen LogP contribution in [0.4, 0.5) is 5.69 Å². The molecule has 0 amide bonds. The van der Waals surface area contributed by atoms with Gasteiger partial charge in [0.1, 0.15) is 5.75 Å². The van der Waals surface area contributed by atoms with Crippen molar-refractivity contribution < 1.29 is 14.6 Å². The second kappa shape index (κ2) is 6.07. The van der Waals surface area contributed by atoms with E-state index in [2.05, 4.69) is 5.32 Å². The van der Waals surface area contributed by atoms with E-state index in [4.69, 9.17) is 9.47 Å². The Morgan fingerprint density at radius 3 is 2.94 bits per heavy atom. The Bertz CT molecular complexity index is 373. The first-order chi connectivity index (χ1) is 8.79. The first kappa shape index (κ1) is 13.2. The van der Waals surface area contributed by atoms with Crippen molar-refractivity contribution in [3.8, 4) is 5.75 Å². The minimum absolute atomic E-state index is 0.106. The number of hydrogen-bond acceptors (Lipinski definition) is 4. The first-order valence-electron chi connectivity index (χ1n) is 6.39. The molecule has 1 saturated heterocycles. The average molecular weight is 251 g/mol. The summed E-state index contributed by atoms with van der Waals surface area (Å²) in [5, 5.41) is 13.2. The fraction of sp³-hybridized carbons (Fsp3) is 0.571. The van der Waals surface area contributed by atoms with Crippen LogP contribution in [-0.4, -0.2) is 37.6 Å². The third-order valence-corrected chi connectivity index (χ3v) is 3.48. The monoisotopic (exact) mass is 251 g/mol. The Morgan fingerprint density at radius 1 is 1.33 bits per heavy atom. The second-order valence-electron chi connectivity index (χ2n) is 4.73. The molecule has 1 atom stereocenters. The van der Waals surface area contributed by atoms with Gasteiger partial charge in [-0.25, -0.2) is 0 Å². The van der Waals surface area contributed by atoms with Gasteiger partial charge < -0.3 is 19.9 Å². The van der Waals surface area contributed by atoms with Crippen molar-refractivity contribution in [3.63, 3.8) is 0 Å². The molecule has 1 aliphatic rings. The van der Waals surface area contributed by atoms with E-state index in [0.29, 0.717) is 6.61 Å². The zero-order chi connectivity index (χ0) is 12.8. The number of aliphatic hydroxyl groups is 1. The highest BCUT2D eigenvalue weighted by Crippen LogP contribution is 2.31. The molecule has 1 aliphatic heterocycles. The van der Waals surface area contributed by atoms with Crippen LogP contribution in [0.3, 0.4) is 0 Å². The smallest absolute Gasteiger partial charge is 0.141 e. The second-order valence-corrected chi connectivity index (χ2v) is 4.73. The van der Waals surface area contributed by atoms with Crippen LogP contribution in [0.15, 0.2) is 24.3 Å². The molecule has 18 heavy (non-hydrogen) atoms. The molecule has 100 valence electrons. The SMILES string of the molecule is COc1ccccc1NC1(CO)CCCOCC1. The molecule has 1 aromatic carbocycles. The molecule has 4 nitrogen and oxygen atoms in total. The van der Waals surface area contributed by atoms with E-state index in [1.54, 1.807) is 7.11 Å². The minimum Gasteiger partial charge on any atom is -0.495 e. The number of methoxy groups -OCH3 is 1. The number of rotatable bonds is 4. The fourth-order valence-electron chi connectivity index (χ4n) is 2.36. The van der Waals surface area contributed by atoms with Crippen LogP contribution in [0.5, 0.6) is 5.75 Å². The van der Waals surface area contributed by atoms with Crippen molar-refractivity contribution in [3.05, 3.63) is 24.3 Å². The van der Waals surface area contributed by atoms with E-state index < -0.39 is 0 Å². The highest BCUT2D eigenvalue weighted by atomic mass is 16.5. The van der Waals surface area contributed by atoms with Gasteiger partial charge in [-0.3, -0.25) is 0 Å². The zero-order valence-corrected chi connectivity index (χ0v) is 10.8. The van der Waals surface area contributed by atoms with Crippen LogP contribution in [-0.2, 0) is 4.74 Å². The van der Waals surface area contributed by atoms with Gasteiger partial charge in [0.25, 0.3) is 0 Å². The highest BCUT2D eigenvalue weighted by Gasteiger charge is 2.31. The van der Waals surface area contributed by atoms with Gasteiger partial charge in [0, 0.05) is 13.2 Å². The van der Waals surface area contributed by atoms with E-state index in [1.165, 1.54) is 0 Å². The fourth-order valence-corrected chi connectivity index (χ4v) is 2.36. The summed E-state index contributed by atoms with van der Waals surface area (Å²) in [5.74, 6) is 0.801. The van der Waals surface area contributed by atoms with Crippen LogP contribution < -0.4 is 10.1 Å². The number of aliphatic hydroxyl groups excluding tert-OH is 1. The molecule has 1 heterocycles. The molecule has 1 aromatic rings. The van der Waals surface area contributed by atoms with Gasteiger partial charge in [-0.2, -0.15) is 0 Å². The lowest BCUT2D eigenvalue weighted by Crippen LogP contribution is -2.42. The summed E-state index contributed by atoms with van der Waals surface area (Å²) in [7, 11) is 1.66. The lowest BCUT2D eigenvalue weighted by molar-refractivity contribution is 0.132. The van der Waals surface area contributed by atoms with Gasteiger partial charge in [-0.1, -0.05) is 12.1 Å². The number of hydrogen-bond donors (Lipinski definition) is 2. The van der Waals surface area contributed by atoms with Crippen molar-refractivity contribution in [1.82, 2.24) is 0 Å². The number of benzene rings is 1. The van der Waals surface area contributed by atoms with Gasteiger partial charge in [-0.05, 0) is 31.4 Å². The number of nitrogens with one attached hydrogen (secondary N) is 1. The topological polar surface area (TPSA) is 50.7 Å². The highest BCUT2D eigenvalue weighted by molar-refractivity contribution is 5.57. The van der Waals surface area contributed by atoms with E-state index in [1.807, 2.05) is 24.3 Å². The third-order valence-electron chi connectivity index (χ3n) is 3.48. The van der Waals surface area contributed by atoms with Crippen molar-refractivity contribution in [2.45, 2.75) is 24.8 Å². The maximum atomic E-state index is 9.73. The van der Waals surface area contributed by atoms with Crippen LogP contribution in [0, 0.1) is 0 Å². The van der Waals surface area contributed by atoms with Crippen LogP contribution in [0.25, 0.3) is 0 Å². The Hall–Kier alpha value is -1.26. The number of ether oxygens (including phenoxy) is 2. The van der Waals surface area contributed by atoms with E-state index in [0.717, 1.165) is 37.3 Å². The molecular formula is C14H21NO3. The minimum atomic E-state index is -0.300. The van der Waals surface area contributed by atoms with Crippen LogP contribution in [0.2, 0.25) is 0 Å².